The largest absolute Gasteiger partial charge is 0.478 e. The van der Waals surface area contributed by atoms with E-state index in [1.165, 1.54) is 26.8 Å². The molecule has 0 atom stereocenters. The van der Waals surface area contributed by atoms with E-state index < -0.39 is 29.2 Å². The molecule has 0 radical (unpaired) electrons. The highest BCUT2D eigenvalue weighted by atomic mass is 19.4. The van der Waals surface area contributed by atoms with Gasteiger partial charge >= 0.3 is 12.1 Å². The van der Waals surface area contributed by atoms with Crippen LogP contribution in [0.3, 0.4) is 0 Å². The first-order valence-corrected chi connectivity index (χ1v) is 11.5. The van der Waals surface area contributed by atoms with Gasteiger partial charge in [-0.15, -0.1) is 0 Å². The van der Waals surface area contributed by atoms with Gasteiger partial charge in [0.25, 0.3) is 5.91 Å². The van der Waals surface area contributed by atoms with Crippen molar-refractivity contribution in [2.45, 2.75) is 45.9 Å². The average molecular weight is 516 g/mol. The Kier molecular flexibility index (Phi) is 8.15. The first-order chi connectivity index (χ1) is 17.3. The van der Waals surface area contributed by atoms with Crippen molar-refractivity contribution in [1.29, 1.82) is 0 Å². The number of hydrogen-bond acceptors (Lipinski definition) is 4. The molecule has 196 valence electrons. The molecule has 0 saturated heterocycles. The monoisotopic (exact) mass is 515 g/mol. The lowest BCUT2D eigenvalue weighted by Gasteiger charge is -2.23. The molecule has 0 aliphatic rings. The predicted molar refractivity (Wildman–Crippen MR) is 132 cm³/mol. The van der Waals surface area contributed by atoms with Crippen LogP contribution in [0.15, 0.2) is 60.7 Å². The zero-order chi connectivity index (χ0) is 27.4. The van der Waals surface area contributed by atoms with Crippen LogP contribution in [-0.4, -0.2) is 29.1 Å². The maximum absolute atomic E-state index is 12.8. The normalized spacial score (nSPS) is 11.6. The fourth-order valence-electron chi connectivity index (χ4n) is 3.53. The van der Waals surface area contributed by atoms with Crippen LogP contribution in [0.2, 0.25) is 0 Å². The van der Waals surface area contributed by atoms with E-state index in [4.69, 9.17) is 9.47 Å². The van der Waals surface area contributed by atoms with Gasteiger partial charge in [0.15, 0.2) is 5.60 Å². The van der Waals surface area contributed by atoms with Gasteiger partial charge in [-0.25, -0.2) is 4.79 Å². The molecule has 0 spiro atoms. The third-order valence-corrected chi connectivity index (χ3v) is 5.66. The number of hydrogen-bond donors (Lipinski definition) is 2. The van der Waals surface area contributed by atoms with Gasteiger partial charge in [-0.3, -0.25) is 4.79 Å². The van der Waals surface area contributed by atoms with Crippen LogP contribution in [0, 0.1) is 13.8 Å². The smallest absolute Gasteiger partial charge is 0.416 e. The molecule has 6 nitrogen and oxygen atoms in total. The number of benzene rings is 3. The van der Waals surface area contributed by atoms with Crippen LogP contribution in [0.1, 0.15) is 46.5 Å². The zero-order valence-corrected chi connectivity index (χ0v) is 20.9. The molecule has 3 aromatic carbocycles. The van der Waals surface area contributed by atoms with Crippen LogP contribution >= 0.6 is 0 Å². The van der Waals surface area contributed by atoms with Gasteiger partial charge in [-0.2, -0.15) is 13.2 Å². The van der Waals surface area contributed by atoms with Crippen LogP contribution < -0.4 is 14.8 Å². The standard InChI is InChI=1S/C28H28F3NO5/c1-17-14-20(28(29,30)31)8-10-23(17)25(33)32-13-12-19-6-5-7-21(16-19)36-22-9-11-24(18(2)15-22)37-27(3,4)26(34)35/h5-11,14-16H,12-13H2,1-4H3,(H,32,33)(H,34,35). The summed E-state index contributed by atoms with van der Waals surface area (Å²) in [6.07, 6.45) is -3.97. The van der Waals surface area contributed by atoms with Gasteiger partial charge in [0.2, 0.25) is 0 Å². The highest BCUT2D eigenvalue weighted by molar-refractivity contribution is 5.95. The number of aliphatic carboxylic acids is 1. The third-order valence-electron chi connectivity index (χ3n) is 5.66. The molecule has 0 bridgehead atoms. The summed E-state index contributed by atoms with van der Waals surface area (Å²) in [5.41, 5.74) is -0.117. The number of amides is 1. The second kappa shape index (κ2) is 10.9. The minimum Gasteiger partial charge on any atom is -0.478 e. The highest BCUT2D eigenvalue weighted by Gasteiger charge is 2.31. The van der Waals surface area contributed by atoms with Crippen LogP contribution in [0.4, 0.5) is 13.2 Å². The van der Waals surface area contributed by atoms with Crippen molar-refractivity contribution in [2.24, 2.45) is 0 Å². The summed E-state index contributed by atoms with van der Waals surface area (Å²) >= 11 is 0. The van der Waals surface area contributed by atoms with Crippen molar-refractivity contribution in [3.05, 3.63) is 88.5 Å². The molecule has 2 N–H and O–H groups in total. The molecule has 0 aromatic heterocycles. The topological polar surface area (TPSA) is 84.9 Å². The number of halogens is 3. The molecule has 0 fully saturated rings. The number of carbonyl (C=O) groups is 2. The second-order valence-corrected chi connectivity index (χ2v) is 9.13. The number of nitrogens with one attached hydrogen (secondary N) is 1. The Bertz CT molecular complexity index is 1300. The van der Waals surface area contributed by atoms with E-state index in [0.29, 0.717) is 29.2 Å². The number of aryl methyl sites for hydroxylation is 2. The van der Waals surface area contributed by atoms with E-state index in [9.17, 15) is 27.9 Å². The van der Waals surface area contributed by atoms with Gasteiger partial charge in [-0.05, 0) is 99.3 Å². The molecule has 0 saturated carbocycles. The molecular formula is C28H28F3NO5. The lowest BCUT2D eigenvalue weighted by atomic mass is 10.0. The van der Waals surface area contributed by atoms with E-state index in [-0.39, 0.29) is 17.7 Å². The first-order valence-electron chi connectivity index (χ1n) is 11.5. The van der Waals surface area contributed by atoms with Crippen molar-refractivity contribution in [1.82, 2.24) is 5.32 Å². The van der Waals surface area contributed by atoms with E-state index >= 15 is 0 Å². The van der Waals surface area contributed by atoms with Gasteiger partial charge < -0.3 is 19.9 Å². The van der Waals surface area contributed by atoms with Crippen molar-refractivity contribution in [2.75, 3.05) is 6.54 Å². The van der Waals surface area contributed by atoms with Crippen molar-refractivity contribution in [3.63, 3.8) is 0 Å². The Morgan fingerprint density at radius 2 is 1.62 bits per heavy atom. The first kappa shape index (κ1) is 27.6. The Balaban J connectivity index is 1.59. The van der Waals surface area contributed by atoms with Crippen LogP contribution in [-0.2, 0) is 17.4 Å². The summed E-state index contributed by atoms with van der Waals surface area (Å²) in [6, 6.07) is 15.4. The van der Waals surface area contributed by atoms with E-state index in [1.54, 1.807) is 31.2 Å². The van der Waals surface area contributed by atoms with Gasteiger partial charge in [0.1, 0.15) is 17.2 Å². The number of carboxylic acids is 1. The van der Waals surface area contributed by atoms with Crippen LogP contribution in [0.25, 0.3) is 0 Å². The minimum absolute atomic E-state index is 0.194. The SMILES string of the molecule is Cc1cc(Oc2cccc(CCNC(=O)c3ccc(C(F)(F)F)cc3C)c2)ccc1OC(C)(C)C(=O)O. The fraction of sp³-hybridized carbons (Fsp3) is 0.286. The van der Waals surface area contributed by atoms with E-state index in [1.807, 2.05) is 18.2 Å². The summed E-state index contributed by atoms with van der Waals surface area (Å²) in [6.45, 7) is 6.48. The van der Waals surface area contributed by atoms with Crippen molar-refractivity contribution < 1.29 is 37.3 Å². The Morgan fingerprint density at radius 1 is 0.919 bits per heavy atom. The molecule has 0 unspecified atom stereocenters. The summed E-state index contributed by atoms with van der Waals surface area (Å²) in [5.74, 6) is 0.0345. The molecule has 3 aromatic rings. The Labute approximate surface area is 213 Å². The third kappa shape index (κ3) is 7.25. The van der Waals surface area contributed by atoms with Crippen molar-refractivity contribution >= 4 is 11.9 Å². The predicted octanol–water partition coefficient (Wildman–Crippen LogP) is 6.33. The Morgan fingerprint density at radius 3 is 2.24 bits per heavy atom. The molecule has 0 aliphatic carbocycles. The van der Waals surface area contributed by atoms with Gasteiger partial charge in [0.05, 0.1) is 5.56 Å². The van der Waals surface area contributed by atoms with E-state index in [0.717, 1.165) is 17.7 Å². The number of carbonyl (C=O) groups excluding carboxylic acids is 1. The molecule has 37 heavy (non-hydrogen) atoms. The lowest BCUT2D eigenvalue weighted by molar-refractivity contribution is -0.152. The summed E-state index contributed by atoms with van der Waals surface area (Å²) < 4.78 is 50.1. The van der Waals surface area contributed by atoms with Gasteiger partial charge in [0, 0.05) is 12.1 Å². The van der Waals surface area contributed by atoms with Gasteiger partial charge in [-0.1, -0.05) is 12.1 Å². The maximum Gasteiger partial charge on any atom is 0.416 e. The average Bonchev–Trinajstić information content (AvgIpc) is 2.80. The quantitative estimate of drug-likeness (QED) is 0.348. The zero-order valence-electron chi connectivity index (χ0n) is 20.9. The fourth-order valence-corrected chi connectivity index (χ4v) is 3.53. The lowest BCUT2D eigenvalue weighted by Crippen LogP contribution is -2.38. The van der Waals surface area contributed by atoms with Crippen molar-refractivity contribution in [3.8, 4) is 17.2 Å². The van der Waals surface area contributed by atoms with E-state index in [2.05, 4.69) is 5.32 Å². The molecule has 0 heterocycles. The molecule has 3 rings (SSSR count). The molecule has 0 aliphatic heterocycles. The number of rotatable bonds is 9. The molecule has 9 heteroatoms. The Hall–Kier alpha value is -4.01. The second-order valence-electron chi connectivity index (χ2n) is 9.13. The molecular weight excluding hydrogens is 487 g/mol. The van der Waals surface area contributed by atoms with Crippen LogP contribution in [0.5, 0.6) is 17.2 Å². The summed E-state index contributed by atoms with van der Waals surface area (Å²) in [5, 5.41) is 12.0. The maximum atomic E-state index is 12.8. The number of alkyl halides is 3. The summed E-state index contributed by atoms with van der Waals surface area (Å²) in [4.78, 5) is 23.8. The minimum atomic E-state index is -4.46. The summed E-state index contributed by atoms with van der Waals surface area (Å²) in [7, 11) is 0. The molecule has 1 amide bonds. The highest BCUT2D eigenvalue weighted by Crippen LogP contribution is 2.31. The number of ether oxygens (including phenoxy) is 2. The number of carboxylic acid groups (broad SMARTS) is 1.